The summed E-state index contributed by atoms with van der Waals surface area (Å²) in [6.45, 7) is 6.56. The maximum Gasteiger partial charge on any atom is 0.119 e. The van der Waals surface area contributed by atoms with Gasteiger partial charge in [0.25, 0.3) is 0 Å². The molecule has 0 aliphatic heterocycles. The molecule has 2 aromatic rings. The van der Waals surface area contributed by atoms with E-state index < -0.39 is 0 Å². The minimum Gasteiger partial charge on any atom is -0.508 e. The normalized spacial score (nSPS) is 13.4. The molecule has 2 unspecified atom stereocenters. The van der Waals surface area contributed by atoms with Crippen LogP contribution in [0.1, 0.15) is 48.3 Å². The van der Waals surface area contributed by atoms with Gasteiger partial charge in [-0.15, -0.1) is 11.8 Å². The van der Waals surface area contributed by atoms with Crippen molar-refractivity contribution in [2.45, 2.75) is 37.2 Å². The van der Waals surface area contributed by atoms with Gasteiger partial charge < -0.3 is 19.7 Å². The summed E-state index contributed by atoms with van der Waals surface area (Å²) in [5.74, 6) is 0.597. The second-order valence-corrected chi connectivity index (χ2v) is 7.61. The number of para-hydroxylation sites is 2. The summed E-state index contributed by atoms with van der Waals surface area (Å²) in [5, 5.41) is 20.8. The highest BCUT2D eigenvalue weighted by atomic mass is 32.2. The van der Waals surface area contributed by atoms with Crippen molar-refractivity contribution in [1.29, 1.82) is 0 Å². The summed E-state index contributed by atoms with van der Waals surface area (Å²) in [6.07, 6.45) is 1.57. The topological polar surface area (TPSA) is 58.9 Å². The number of thioether (sulfide) groups is 1. The van der Waals surface area contributed by atoms with E-state index in [1.54, 1.807) is 23.9 Å². The fourth-order valence-electron chi connectivity index (χ4n) is 2.98. The van der Waals surface area contributed by atoms with Gasteiger partial charge in [0.2, 0.25) is 0 Å². The Balaban J connectivity index is 2.25. The van der Waals surface area contributed by atoms with E-state index >= 15 is 0 Å². The van der Waals surface area contributed by atoms with E-state index in [0.29, 0.717) is 37.9 Å². The van der Waals surface area contributed by atoms with Crippen molar-refractivity contribution in [3.05, 3.63) is 59.7 Å². The molecule has 2 aromatic carbocycles. The second-order valence-electron chi connectivity index (χ2n) is 6.20. The third-order valence-corrected chi connectivity index (χ3v) is 5.99. The molecule has 0 aliphatic rings. The molecule has 4 nitrogen and oxygen atoms in total. The number of ether oxygens (including phenoxy) is 2. The monoisotopic (exact) mass is 390 g/mol. The standard InChI is InChI=1S/C22H30O4S/c1-3-25-15-13-21(17-9-5-7-11-19(17)23)27-22(14-16-26-4-2)18-10-6-8-12-20(18)24/h5-12,21-24H,3-4,13-16H2,1-2H3. The summed E-state index contributed by atoms with van der Waals surface area (Å²) in [4.78, 5) is 0. The van der Waals surface area contributed by atoms with E-state index in [1.807, 2.05) is 50.2 Å². The van der Waals surface area contributed by atoms with Crippen molar-refractivity contribution < 1.29 is 19.7 Å². The quantitative estimate of drug-likeness (QED) is 0.471. The van der Waals surface area contributed by atoms with Gasteiger partial charge in [-0.3, -0.25) is 0 Å². The molecule has 0 aromatic heterocycles. The largest absolute Gasteiger partial charge is 0.508 e. The van der Waals surface area contributed by atoms with Crippen LogP contribution in [0.2, 0.25) is 0 Å². The van der Waals surface area contributed by atoms with Gasteiger partial charge in [0.05, 0.1) is 0 Å². The van der Waals surface area contributed by atoms with Crippen molar-refractivity contribution in [3.63, 3.8) is 0 Å². The summed E-state index contributed by atoms with van der Waals surface area (Å²) in [5.41, 5.74) is 1.80. The number of hydrogen-bond acceptors (Lipinski definition) is 5. The Morgan fingerprint density at radius 3 is 1.52 bits per heavy atom. The Labute approximate surface area is 166 Å². The van der Waals surface area contributed by atoms with Gasteiger partial charge in [-0.05, 0) is 38.8 Å². The Kier molecular flexibility index (Phi) is 9.53. The first-order valence-corrected chi connectivity index (χ1v) is 10.5. The molecule has 0 bridgehead atoms. The fourth-order valence-corrected chi connectivity index (χ4v) is 4.53. The molecule has 0 saturated carbocycles. The lowest BCUT2D eigenvalue weighted by atomic mass is 10.1. The lowest BCUT2D eigenvalue weighted by molar-refractivity contribution is 0.143. The van der Waals surface area contributed by atoms with Crippen LogP contribution in [0.3, 0.4) is 0 Å². The zero-order chi connectivity index (χ0) is 19.5. The maximum absolute atomic E-state index is 10.4. The molecule has 2 N–H and O–H groups in total. The average molecular weight is 391 g/mol. The molecule has 0 aliphatic carbocycles. The lowest BCUT2D eigenvalue weighted by Crippen LogP contribution is -2.07. The Morgan fingerprint density at radius 2 is 1.15 bits per heavy atom. The highest BCUT2D eigenvalue weighted by Gasteiger charge is 2.24. The van der Waals surface area contributed by atoms with E-state index in [2.05, 4.69) is 0 Å². The van der Waals surface area contributed by atoms with Crippen LogP contribution in [0.15, 0.2) is 48.5 Å². The van der Waals surface area contributed by atoms with Crippen LogP contribution < -0.4 is 0 Å². The van der Waals surface area contributed by atoms with E-state index in [4.69, 9.17) is 9.47 Å². The highest BCUT2D eigenvalue weighted by molar-refractivity contribution is 7.99. The van der Waals surface area contributed by atoms with E-state index in [9.17, 15) is 10.2 Å². The lowest BCUT2D eigenvalue weighted by Gasteiger charge is -2.25. The number of benzene rings is 2. The predicted molar refractivity (Wildman–Crippen MR) is 112 cm³/mol. The summed E-state index contributed by atoms with van der Waals surface area (Å²) >= 11 is 1.75. The zero-order valence-electron chi connectivity index (χ0n) is 16.1. The molecule has 2 rings (SSSR count). The van der Waals surface area contributed by atoms with Gasteiger partial charge in [0.15, 0.2) is 0 Å². The predicted octanol–water partition coefficient (Wildman–Crippen LogP) is 5.47. The highest BCUT2D eigenvalue weighted by Crippen LogP contribution is 2.48. The molecule has 27 heavy (non-hydrogen) atoms. The molecule has 148 valence electrons. The molecule has 0 saturated heterocycles. The van der Waals surface area contributed by atoms with Crippen LogP contribution in [0, 0.1) is 0 Å². The van der Waals surface area contributed by atoms with Crippen LogP contribution in [0.25, 0.3) is 0 Å². The van der Waals surface area contributed by atoms with Gasteiger partial charge in [0.1, 0.15) is 11.5 Å². The van der Waals surface area contributed by atoms with Crippen LogP contribution in [0.5, 0.6) is 11.5 Å². The molecular formula is C22H30O4S. The maximum atomic E-state index is 10.4. The Bertz CT molecular complexity index is 619. The SMILES string of the molecule is CCOCCC(SC(CCOCC)c1ccccc1O)c1ccccc1O. The molecule has 0 radical (unpaired) electrons. The number of phenolic OH excluding ortho intramolecular Hbond substituents is 2. The Hall–Kier alpha value is -1.69. The van der Waals surface area contributed by atoms with Gasteiger partial charge in [-0.1, -0.05) is 36.4 Å². The van der Waals surface area contributed by atoms with Crippen LogP contribution >= 0.6 is 11.8 Å². The zero-order valence-corrected chi connectivity index (χ0v) is 17.0. The van der Waals surface area contributed by atoms with Crippen molar-refractivity contribution in [2.24, 2.45) is 0 Å². The third-order valence-electron chi connectivity index (χ3n) is 4.35. The van der Waals surface area contributed by atoms with Crippen molar-refractivity contribution >= 4 is 11.8 Å². The van der Waals surface area contributed by atoms with E-state index in [0.717, 1.165) is 24.0 Å². The molecule has 2 atom stereocenters. The van der Waals surface area contributed by atoms with Crippen molar-refractivity contribution in [2.75, 3.05) is 26.4 Å². The molecule has 5 heteroatoms. The van der Waals surface area contributed by atoms with Crippen LogP contribution in [-0.4, -0.2) is 36.6 Å². The fraction of sp³-hybridized carbons (Fsp3) is 0.455. The summed E-state index contributed by atoms with van der Waals surface area (Å²) in [6, 6.07) is 14.9. The van der Waals surface area contributed by atoms with E-state index in [-0.39, 0.29) is 10.5 Å². The first kappa shape index (κ1) is 21.6. The van der Waals surface area contributed by atoms with Gasteiger partial charge >= 0.3 is 0 Å². The smallest absolute Gasteiger partial charge is 0.119 e. The number of phenols is 2. The first-order chi connectivity index (χ1) is 13.2. The van der Waals surface area contributed by atoms with Crippen molar-refractivity contribution in [3.8, 4) is 11.5 Å². The van der Waals surface area contributed by atoms with Crippen LogP contribution in [-0.2, 0) is 9.47 Å². The summed E-state index contributed by atoms with van der Waals surface area (Å²) < 4.78 is 11.1. The van der Waals surface area contributed by atoms with Gasteiger partial charge in [-0.25, -0.2) is 0 Å². The second kappa shape index (κ2) is 11.9. The minimum absolute atomic E-state index is 0.0592. The van der Waals surface area contributed by atoms with Gasteiger partial charge in [0, 0.05) is 48.1 Å². The number of hydrogen-bond donors (Lipinski definition) is 2. The molecule has 0 fully saturated rings. The van der Waals surface area contributed by atoms with Gasteiger partial charge in [-0.2, -0.15) is 0 Å². The number of aromatic hydroxyl groups is 2. The van der Waals surface area contributed by atoms with Crippen LogP contribution in [0.4, 0.5) is 0 Å². The first-order valence-electron chi connectivity index (χ1n) is 9.54. The third kappa shape index (κ3) is 6.76. The summed E-state index contributed by atoms with van der Waals surface area (Å²) in [7, 11) is 0. The Morgan fingerprint density at radius 1 is 0.741 bits per heavy atom. The number of rotatable bonds is 12. The van der Waals surface area contributed by atoms with Crippen molar-refractivity contribution in [1.82, 2.24) is 0 Å². The molecule has 0 amide bonds. The minimum atomic E-state index is 0.0592. The average Bonchev–Trinajstić information content (AvgIpc) is 2.67. The molecular weight excluding hydrogens is 360 g/mol. The molecule has 0 heterocycles. The van der Waals surface area contributed by atoms with E-state index in [1.165, 1.54) is 0 Å². The molecule has 0 spiro atoms.